The third-order valence-corrected chi connectivity index (χ3v) is 7.19. The topological polar surface area (TPSA) is 79.6 Å². The van der Waals surface area contributed by atoms with Gasteiger partial charge in [-0.05, 0) is 49.1 Å². The molecular weight excluding hydrogens is 388 g/mol. The third kappa shape index (κ3) is 3.40. The first-order valence-electron chi connectivity index (χ1n) is 9.87. The van der Waals surface area contributed by atoms with Crippen molar-refractivity contribution in [2.45, 2.75) is 37.0 Å². The van der Waals surface area contributed by atoms with Crippen LogP contribution in [0.4, 0.5) is 0 Å². The van der Waals surface area contributed by atoms with E-state index in [2.05, 4.69) is 0 Å². The highest BCUT2D eigenvalue weighted by Crippen LogP contribution is 2.37. The molecule has 1 fully saturated rings. The summed E-state index contributed by atoms with van der Waals surface area (Å²) in [4.78, 5) is 15.0. The fraction of sp³-hybridized carbons (Fsp3) is 0.318. The Labute approximate surface area is 170 Å². The lowest BCUT2D eigenvalue weighted by molar-refractivity contribution is -0.135. The minimum Gasteiger partial charge on any atom is -0.508 e. The number of carbonyl (C=O) groups is 1. The summed E-state index contributed by atoms with van der Waals surface area (Å²) in [5.74, 6) is -0.375. The van der Waals surface area contributed by atoms with E-state index < -0.39 is 10.0 Å². The Hall–Kier alpha value is -2.80. The van der Waals surface area contributed by atoms with E-state index in [0.29, 0.717) is 29.4 Å². The van der Waals surface area contributed by atoms with Crippen LogP contribution < -0.4 is 0 Å². The first kappa shape index (κ1) is 19.5. The molecule has 7 heteroatoms. The molecule has 2 heterocycles. The Morgan fingerprint density at radius 1 is 1.14 bits per heavy atom. The summed E-state index contributed by atoms with van der Waals surface area (Å²) < 4.78 is 27.4. The standard InChI is InChI=1S/C22H24N2O4S/c1-2-11-23-12-6-9-19(22(23)26)20-14-16(25)15-21-18(20)10-13-24(21)29(27,28)17-7-4-3-5-8-17/h3-5,7-8,10,13-15,19,25H,2,6,9,11-12H2,1H3. The van der Waals surface area contributed by atoms with E-state index in [1.807, 2.05) is 11.8 Å². The normalized spacial score (nSPS) is 17.8. The molecule has 2 aromatic carbocycles. The van der Waals surface area contributed by atoms with Crippen molar-refractivity contribution in [3.63, 3.8) is 0 Å². The van der Waals surface area contributed by atoms with Gasteiger partial charge in [0.25, 0.3) is 10.0 Å². The molecule has 1 atom stereocenters. The largest absolute Gasteiger partial charge is 0.508 e. The second-order valence-electron chi connectivity index (χ2n) is 7.42. The van der Waals surface area contributed by atoms with E-state index in [9.17, 15) is 18.3 Å². The van der Waals surface area contributed by atoms with Crippen molar-refractivity contribution in [1.82, 2.24) is 8.87 Å². The number of nitrogens with zero attached hydrogens (tertiary/aromatic N) is 2. The van der Waals surface area contributed by atoms with Crippen LogP contribution in [-0.2, 0) is 14.8 Å². The highest BCUT2D eigenvalue weighted by atomic mass is 32.2. The fourth-order valence-corrected chi connectivity index (χ4v) is 5.51. The molecule has 1 N–H and O–H groups in total. The summed E-state index contributed by atoms with van der Waals surface area (Å²) in [6.45, 7) is 3.49. The van der Waals surface area contributed by atoms with E-state index >= 15 is 0 Å². The van der Waals surface area contributed by atoms with Gasteiger partial charge in [-0.1, -0.05) is 25.1 Å². The number of aromatic nitrogens is 1. The van der Waals surface area contributed by atoms with Crippen LogP contribution in [0.5, 0.6) is 5.75 Å². The molecule has 1 amide bonds. The summed E-state index contributed by atoms with van der Waals surface area (Å²) in [6.07, 6.45) is 3.96. The van der Waals surface area contributed by atoms with Crippen LogP contribution in [0.1, 0.15) is 37.7 Å². The van der Waals surface area contributed by atoms with Crippen molar-refractivity contribution in [2.75, 3.05) is 13.1 Å². The summed E-state index contributed by atoms with van der Waals surface area (Å²) in [5, 5.41) is 11.0. The van der Waals surface area contributed by atoms with Crippen LogP contribution in [0.15, 0.2) is 59.6 Å². The first-order chi connectivity index (χ1) is 13.9. The number of hydrogen-bond acceptors (Lipinski definition) is 4. The van der Waals surface area contributed by atoms with E-state index in [0.717, 1.165) is 19.4 Å². The number of phenolic OH excluding ortho intramolecular Hbond substituents is 1. The molecule has 1 aromatic heterocycles. The zero-order chi connectivity index (χ0) is 20.6. The summed E-state index contributed by atoms with van der Waals surface area (Å²) in [7, 11) is -3.81. The van der Waals surface area contributed by atoms with Crippen LogP contribution in [0, 0.1) is 0 Å². The number of benzene rings is 2. The summed E-state index contributed by atoms with van der Waals surface area (Å²) >= 11 is 0. The second-order valence-corrected chi connectivity index (χ2v) is 9.23. The highest BCUT2D eigenvalue weighted by molar-refractivity contribution is 7.90. The molecule has 1 saturated heterocycles. The Kier molecular flexibility index (Phi) is 5.08. The molecule has 0 spiro atoms. The minimum absolute atomic E-state index is 0.0451. The number of aromatic hydroxyl groups is 1. The maximum absolute atomic E-state index is 13.1. The number of piperidine rings is 1. The predicted molar refractivity (Wildman–Crippen MR) is 111 cm³/mol. The highest BCUT2D eigenvalue weighted by Gasteiger charge is 2.32. The number of carbonyl (C=O) groups excluding carboxylic acids is 1. The molecular formula is C22H24N2O4S. The Bertz CT molecular complexity index is 1150. The number of likely N-dealkylation sites (tertiary alicyclic amines) is 1. The van der Waals surface area contributed by atoms with Crippen LogP contribution in [0.2, 0.25) is 0 Å². The quantitative estimate of drug-likeness (QED) is 0.693. The van der Waals surface area contributed by atoms with Gasteiger partial charge in [-0.15, -0.1) is 0 Å². The van der Waals surface area contributed by atoms with Gasteiger partial charge in [0, 0.05) is 30.7 Å². The van der Waals surface area contributed by atoms with Crippen molar-refractivity contribution < 1.29 is 18.3 Å². The molecule has 1 aliphatic rings. The van der Waals surface area contributed by atoms with Crippen molar-refractivity contribution in [2.24, 2.45) is 0 Å². The molecule has 1 unspecified atom stereocenters. The van der Waals surface area contributed by atoms with E-state index in [-0.39, 0.29) is 22.5 Å². The Balaban J connectivity index is 1.84. The zero-order valence-corrected chi connectivity index (χ0v) is 17.1. The van der Waals surface area contributed by atoms with Gasteiger partial charge in [-0.3, -0.25) is 4.79 Å². The van der Waals surface area contributed by atoms with Crippen LogP contribution in [-0.4, -0.2) is 41.4 Å². The molecule has 1 aliphatic heterocycles. The summed E-state index contributed by atoms with van der Waals surface area (Å²) in [5.41, 5.74) is 1.07. The molecule has 29 heavy (non-hydrogen) atoms. The number of amides is 1. The Morgan fingerprint density at radius 3 is 2.62 bits per heavy atom. The molecule has 3 aromatic rings. The van der Waals surface area contributed by atoms with E-state index in [1.54, 1.807) is 30.3 Å². The predicted octanol–water partition coefficient (Wildman–Crippen LogP) is 3.70. The van der Waals surface area contributed by atoms with Crippen LogP contribution in [0.3, 0.4) is 0 Å². The number of rotatable bonds is 5. The third-order valence-electron chi connectivity index (χ3n) is 5.49. The van der Waals surface area contributed by atoms with E-state index in [1.165, 1.54) is 28.4 Å². The average Bonchev–Trinajstić information content (AvgIpc) is 3.14. The van der Waals surface area contributed by atoms with Crippen molar-refractivity contribution in [1.29, 1.82) is 0 Å². The smallest absolute Gasteiger partial charge is 0.268 e. The summed E-state index contributed by atoms with van der Waals surface area (Å²) in [6, 6.07) is 12.9. The molecule has 0 saturated carbocycles. The monoisotopic (exact) mass is 412 g/mol. The van der Waals surface area contributed by atoms with Crippen molar-refractivity contribution in [3.05, 3.63) is 60.3 Å². The minimum atomic E-state index is -3.81. The van der Waals surface area contributed by atoms with Gasteiger partial charge in [0.2, 0.25) is 5.91 Å². The number of hydrogen-bond donors (Lipinski definition) is 1. The van der Waals surface area contributed by atoms with E-state index in [4.69, 9.17) is 0 Å². The lowest BCUT2D eigenvalue weighted by Crippen LogP contribution is -2.40. The lowest BCUT2D eigenvalue weighted by Gasteiger charge is -2.32. The van der Waals surface area contributed by atoms with Gasteiger partial charge in [-0.2, -0.15) is 0 Å². The lowest BCUT2D eigenvalue weighted by atomic mass is 9.87. The van der Waals surface area contributed by atoms with Gasteiger partial charge in [0.1, 0.15) is 5.75 Å². The molecule has 0 radical (unpaired) electrons. The molecule has 6 nitrogen and oxygen atoms in total. The van der Waals surface area contributed by atoms with Crippen LogP contribution >= 0.6 is 0 Å². The zero-order valence-electron chi connectivity index (χ0n) is 16.3. The average molecular weight is 413 g/mol. The maximum Gasteiger partial charge on any atom is 0.268 e. The van der Waals surface area contributed by atoms with Gasteiger partial charge < -0.3 is 10.0 Å². The van der Waals surface area contributed by atoms with Crippen molar-refractivity contribution in [3.8, 4) is 5.75 Å². The first-order valence-corrected chi connectivity index (χ1v) is 11.3. The Morgan fingerprint density at radius 2 is 1.90 bits per heavy atom. The SMILES string of the molecule is CCCN1CCCC(c2cc(O)cc3c2ccn3S(=O)(=O)c2ccccc2)C1=O. The van der Waals surface area contributed by atoms with Crippen molar-refractivity contribution >= 4 is 26.8 Å². The van der Waals surface area contributed by atoms with Gasteiger partial charge in [0.15, 0.2) is 0 Å². The number of fused-ring (bicyclic) bond motifs is 1. The number of phenols is 1. The second kappa shape index (κ2) is 7.55. The van der Waals surface area contributed by atoms with Gasteiger partial charge in [0.05, 0.1) is 16.3 Å². The van der Waals surface area contributed by atoms with Gasteiger partial charge >= 0.3 is 0 Å². The molecule has 0 bridgehead atoms. The van der Waals surface area contributed by atoms with Gasteiger partial charge in [-0.25, -0.2) is 12.4 Å². The maximum atomic E-state index is 13.1. The molecule has 152 valence electrons. The molecule has 0 aliphatic carbocycles. The molecule has 4 rings (SSSR count). The fourth-order valence-electron chi connectivity index (χ4n) is 4.16. The van der Waals surface area contributed by atoms with Crippen LogP contribution in [0.25, 0.3) is 10.9 Å².